The molecule has 3 aromatic rings. The first kappa shape index (κ1) is 24.7. The van der Waals surface area contributed by atoms with Crippen LogP contribution in [0.4, 0.5) is 22.7 Å². The number of rotatable bonds is 7. The van der Waals surface area contributed by atoms with E-state index in [0.717, 1.165) is 40.7 Å². The Kier molecular flexibility index (Phi) is 8.44. The minimum absolute atomic E-state index is 0.733. The Balaban J connectivity index is 1.79. The fourth-order valence-corrected chi connectivity index (χ4v) is 4.03. The van der Waals surface area contributed by atoms with Gasteiger partial charge in [0.05, 0.1) is 11.9 Å². The molecule has 0 spiro atoms. The third-order valence-corrected chi connectivity index (χ3v) is 5.73. The van der Waals surface area contributed by atoms with Crippen LogP contribution < -0.4 is 9.80 Å². The van der Waals surface area contributed by atoms with Crippen molar-refractivity contribution >= 4 is 28.6 Å². The average Bonchev–Trinajstić information content (AvgIpc) is 3.19. The Morgan fingerprint density at radius 3 is 2.22 bits per heavy atom. The standard InChI is InChI=1S/C32H32N4/c1-4-6-12-27(11-5-2)35(28-17-15-26(3)16-18-28)29-19-21-30(22-20-29)36(31-13-10-23-33-25-31)32-14-8-7-9-24-34-32/h4-13,15-25H,14H2,1-3H3/b6-4+,11-5-,27-12+. The summed E-state index contributed by atoms with van der Waals surface area (Å²) in [7, 11) is 0. The summed E-state index contributed by atoms with van der Waals surface area (Å²) in [6.07, 6.45) is 22.8. The van der Waals surface area contributed by atoms with E-state index >= 15 is 0 Å². The Labute approximate surface area is 214 Å². The number of allylic oxidation sites excluding steroid dienone is 7. The van der Waals surface area contributed by atoms with Crippen LogP contribution in [0.25, 0.3) is 0 Å². The van der Waals surface area contributed by atoms with Crippen molar-refractivity contribution in [2.45, 2.75) is 27.2 Å². The predicted octanol–water partition coefficient (Wildman–Crippen LogP) is 8.57. The van der Waals surface area contributed by atoms with Crippen LogP contribution in [0.1, 0.15) is 25.8 Å². The SMILES string of the molecule is C\C=C/C(=C\C=C\C)N(c1ccc(C)cc1)c1ccc(N(C2=NC=CC=CC2)c2cccnc2)cc1. The van der Waals surface area contributed by atoms with Gasteiger partial charge in [-0.25, -0.2) is 4.99 Å². The molecular weight excluding hydrogens is 440 g/mol. The number of amidine groups is 1. The van der Waals surface area contributed by atoms with Crippen LogP contribution in [0, 0.1) is 6.92 Å². The molecule has 1 aromatic heterocycles. The van der Waals surface area contributed by atoms with Crippen molar-refractivity contribution < 1.29 is 0 Å². The van der Waals surface area contributed by atoms with E-state index in [2.05, 4.69) is 107 Å². The van der Waals surface area contributed by atoms with Crippen molar-refractivity contribution in [3.63, 3.8) is 0 Å². The molecule has 4 rings (SSSR count). The second kappa shape index (κ2) is 12.3. The highest BCUT2D eigenvalue weighted by Crippen LogP contribution is 2.34. The zero-order valence-corrected chi connectivity index (χ0v) is 21.1. The zero-order chi connectivity index (χ0) is 25.2. The Bertz CT molecular complexity index is 1310. The maximum Gasteiger partial charge on any atom is 0.117 e. The summed E-state index contributed by atoms with van der Waals surface area (Å²) in [5.41, 5.74) is 6.51. The van der Waals surface area contributed by atoms with Gasteiger partial charge in [-0.3, -0.25) is 9.88 Å². The number of hydrogen-bond acceptors (Lipinski definition) is 4. The lowest BCUT2D eigenvalue weighted by molar-refractivity contribution is 1.19. The molecule has 0 aliphatic carbocycles. The maximum absolute atomic E-state index is 4.71. The predicted molar refractivity (Wildman–Crippen MR) is 154 cm³/mol. The van der Waals surface area contributed by atoms with Gasteiger partial charge in [0.1, 0.15) is 5.84 Å². The first-order valence-electron chi connectivity index (χ1n) is 12.2. The van der Waals surface area contributed by atoms with Crippen LogP contribution in [-0.4, -0.2) is 10.8 Å². The molecule has 4 nitrogen and oxygen atoms in total. The van der Waals surface area contributed by atoms with Crippen LogP contribution in [0.15, 0.2) is 139 Å². The van der Waals surface area contributed by atoms with E-state index in [0.29, 0.717) is 0 Å². The van der Waals surface area contributed by atoms with Gasteiger partial charge >= 0.3 is 0 Å². The van der Waals surface area contributed by atoms with Gasteiger partial charge in [-0.15, -0.1) is 0 Å². The van der Waals surface area contributed by atoms with E-state index in [1.54, 1.807) is 6.20 Å². The monoisotopic (exact) mass is 472 g/mol. The molecule has 0 saturated carbocycles. The molecule has 4 heteroatoms. The minimum Gasteiger partial charge on any atom is -0.311 e. The number of nitrogens with zero attached hydrogens (tertiary/aromatic N) is 4. The molecule has 1 aliphatic rings. The smallest absolute Gasteiger partial charge is 0.117 e. The van der Waals surface area contributed by atoms with Gasteiger partial charge < -0.3 is 4.90 Å². The summed E-state index contributed by atoms with van der Waals surface area (Å²) in [5, 5.41) is 0. The lowest BCUT2D eigenvalue weighted by Crippen LogP contribution is -2.25. The van der Waals surface area contributed by atoms with Crippen molar-refractivity contribution in [2.75, 3.05) is 9.80 Å². The first-order valence-corrected chi connectivity index (χ1v) is 12.2. The number of aryl methyl sites for hydroxylation is 1. The highest BCUT2D eigenvalue weighted by molar-refractivity contribution is 6.05. The first-order chi connectivity index (χ1) is 17.7. The van der Waals surface area contributed by atoms with E-state index in [-0.39, 0.29) is 0 Å². The third-order valence-electron chi connectivity index (χ3n) is 5.73. The number of hydrogen-bond donors (Lipinski definition) is 0. The Hall–Kier alpha value is -4.44. The molecular formula is C32H32N4. The van der Waals surface area contributed by atoms with Crippen LogP contribution in [-0.2, 0) is 0 Å². The van der Waals surface area contributed by atoms with Crippen LogP contribution in [0.5, 0.6) is 0 Å². The minimum atomic E-state index is 0.733. The van der Waals surface area contributed by atoms with Crippen molar-refractivity contribution in [3.8, 4) is 0 Å². The lowest BCUT2D eigenvalue weighted by atomic mass is 10.1. The normalized spacial score (nSPS) is 13.8. The van der Waals surface area contributed by atoms with Crippen LogP contribution in [0.3, 0.4) is 0 Å². The van der Waals surface area contributed by atoms with Crippen LogP contribution in [0.2, 0.25) is 0 Å². The summed E-state index contributed by atoms with van der Waals surface area (Å²) in [6.45, 7) is 6.18. The van der Waals surface area contributed by atoms with E-state index in [9.17, 15) is 0 Å². The molecule has 0 unspecified atom stereocenters. The molecule has 1 aliphatic heterocycles. The molecule has 36 heavy (non-hydrogen) atoms. The lowest BCUT2D eigenvalue weighted by Gasteiger charge is -2.29. The number of aromatic nitrogens is 1. The molecule has 0 radical (unpaired) electrons. The van der Waals surface area contributed by atoms with Gasteiger partial charge in [0.25, 0.3) is 0 Å². The molecule has 0 amide bonds. The Morgan fingerprint density at radius 2 is 1.56 bits per heavy atom. The molecule has 0 saturated heterocycles. The van der Waals surface area contributed by atoms with Crippen molar-refractivity contribution in [2.24, 2.45) is 4.99 Å². The van der Waals surface area contributed by atoms with Gasteiger partial charge in [0, 0.05) is 41.6 Å². The summed E-state index contributed by atoms with van der Waals surface area (Å²) >= 11 is 0. The molecule has 0 bridgehead atoms. The van der Waals surface area contributed by atoms with Crippen molar-refractivity contribution in [3.05, 3.63) is 139 Å². The number of anilines is 4. The summed E-state index contributed by atoms with van der Waals surface area (Å²) in [6, 6.07) is 21.3. The molecule has 2 aromatic carbocycles. The van der Waals surface area contributed by atoms with E-state index < -0.39 is 0 Å². The van der Waals surface area contributed by atoms with E-state index in [1.165, 1.54) is 5.56 Å². The fraction of sp³-hybridized carbons (Fsp3) is 0.125. The summed E-state index contributed by atoms with van der Waals surface area (Å²) in [5.74, 6) is 0.943. The van der Waals surface area contributed by atoms with E-state index in [1.807, 2.05) is 50.5 Å². The topological polar surface area (TPSA) is 31.7 Å². The van der Waals surface area contributed by atoms with Gasteiger partial charge in [-0.05, 0) is 87.5 Å². The highest BCUT2D eigenvalue weighted by atomic mass is 15.2. The largest absolute Gasteiger partial charge is 0.311 e. The van der Waals surface area contributed by atoms with Crippen molar-refractivity contribution in [1.82, 2.24) is 4.98 Å². The third kappa shape index (κ3) is 5.97. The van der Waals surface area contributed by atoms with Gasteiger partial charge in [0.15, 0.2) is 0 Å². The molecule has 180 valence electrons. The highest BCUT2D eigenvalue weighted by Gasteiger charge is 2.18. The van der Waals surface area contributed by atoms with Gasteiger partial charge in [-0.2, -0.15) is 0 Å². The van der Waals surface area contributed by atoms with Gasteiger partial charge in [-0.1, -0.05) is 48.1 Å². The quantitative estimate of drug-likeness (QED) is 0.323. The summed E-state index contributed by atoms with van der Waals surface area (Å²) in [4.78, 5) is 13.5. The van der Waals surface area contributed by atoms with Crippen molar-refractivity contribution in [1.29, 1.82) is 0 Å². The van der Waals surface area contributed by atoms with E-state index in [4.69, 9.17) is 4.99 Å². The number of aliphatic imine (C=N–C) groups is 1. The second-order valence-corrected chi connectivity index (χ2v) is 8.37. The average molecular weight is 473 g/mol. The second-order valence-electron chi connectivity index (χ2n) is 8.37. The summed E-state index contributed by atoms with van der Waals surface area (Å²) < 4.78 is 0. The molecule has 0 N–H and O–H groups in total. The molecule has 2 heterocycles. The number of benzene rings is 2. The zero-order valence-electron chi connectivity index (χ0n) is 21.1. The fourth-order valence-electron chi connectivity index (χ4n) is 4.03. The van der Waals surface area contributed by atoms with Gasteiger partial charge in [0.2, 0.25) is 0 Å². The van der Waals surface area contributed by atoms with Crippen LogP contribution >= 0.6 is 0 Å². The number of pyridine rings is 1. The molecule has 0 fully saturated rings. The maximum atomic E-state index is 4.71. The molecule has 0 atom stereocenters. The Morgan fingerprint density at radius 1 is 0.833 bits per heavy atom.